The second kappa shape index (κ2) is 4.16. The Hall–Kier alpha value is -1.69. The Balaban J connectivity index is 2.07. The highest BCUT2D eigenvalue weighted by Gasteiger charge is 2.16. The second-order valence-corrected chi connectivity index (χ2v) is 6.37. The first kappa shape index (κ1) is 12.3. The van der Waals surface area contributed by atoms with Crippen LogP contribution in [0, 0.1) is 0 Å². The van der Waals surface area contributed by atoms with Gasteiger partial charge in [-0.2, -0.15) is 5.10 Å². The van der Waals surface area contributed by atoms with Gasteiger partial charge in [-0.1, -0.05) is 0 Å². The molecule has 3 aromatic heterocycles. The molecule has 19 heavy (non-hydrogen) atoms. The molecule has 0 aromatic carbocycles. The summed E-state index contributed by atoms with van der Waals surface area (Å²) in [5.74, 6) is 0.788. The van der Waals surface area contributed by atoms with Crippen molar-refractivity contribution < 1.29 is 0 Å². The third kappa shape index (κ3) is 2.28. The number of hydrogen-bond donors (Lipinski definition) is 1. The molecule has 0 fully saturated rings. The third-order valence-corrected chi connectivity index (χ3v) is 3.28. The van der Waals surface area contributed by atoms with Gasteiger partial charge in [-0.05, 0) is 42.8 Å². The van der Waals surface area contributed by atoms with E-state index >= 15 is 0 Å². The van der Waals surface area contributed by atoms with Gasteiger partial charge < -0.3 is 4.98 Å². The zero-order chi connectivity index (χ0) is 13.6. The molecule has 0 aliphatic rings. The number of rotatable bonds is 1. The smallest absolute Gasteiger partial charge is 0.178 e. The van der Waals surface area contributed by atoms with Gasteiger partial charge >= 0.3 is 0 Å². The molecule has 0 bridgehead atoms. The number of imidazole rings is 1. The molecule has 0 saturated heterocycles. The summed E-state index contributed by atoms with van der Waals surface area (Å²) >= 11 is 3.40. The molecule has 0 saturated carbocycles. The van der Waals surface area contributed by atoms with Crippen LogP contribution in [-0.4, -0.2) is 24.7 Å². The van der Waals surface area contributed by atoms with Gasteiger partial charge in [-0.15, -0.1) is 0 Å². The molecule has 0 radical (unpaired) electrons. The summed E-state index contributed by atoms with van der Waals surface area (Å²) in [6, 6.07) is 1.97. The molecule has 98 valence electrons. The number of aromatic nitrogens is 5. The van der Waals surface area contributed by atoms with Crippen LogP contribution in [0.4, 0.5) is 0 Å². The molecule has 1 N–H and O–H groups in total. The quantitative estimate of drug-likeness (QED) is 0.748. The van der Waals surface area contributed by atoms with Crippen molar-refractivity contribution in [2.45, 2.75) is 26.3 Å². The normalized spacial score (nSPS) is 12.2. The predicted octanol–water partition coefficient (Wildman–Crippen LogP) is 3.34. The van der Waals surface area contributed by atoms with Gasteiger partial charge in [-0.3, -0.25) is 4.68 Å². The Kier molecular flexibility index (Phi) is 2.70. The Morgan fingerprint density at radius 1 is 1.26 bits per heavy atom. The average Bonchev–Trinajstić information content (AvgIpc) is 2.92. The van der Waals surface area contributed by atoms with Gasteiger partial charge in [0, 0.05) is 16.9 Å². The lowest BCUT2D eigenvalue weighted by Crippen LogP contribution is -2.21. The number of halogens is 1. The van der Waals surface area contributed by atoms with Crippen LogP contribution in [0.1, 0.15) is 20.8 Å². The van der Waals surface area contributed by atoms with E-state index in [1.54, 1.807) is 6.20 Å². The van der Waals surface area contributed by atoms with Crippen LogP contribution in [0.2, 0.25) is 0 Å². The number of nitrogens with one attached hydrogen (secondary N) is 1. The zero-order valence-electron chi connectivity index (χ0n) is 11.0. The molecular weight excluding hydrogens is 306 g/mol. The van der Waals surface area contributed by atoms with Crippen molar-refractivity contribution >= 4 is 27.1 Å². The fourth-order valence-electron chi connectivity index (χ4n) is 1.82. The Morgan fingerprint density at radius 2 is 2.05 bits per heavy atom. The van der Waals surface area contributed by atoms with Crippen LogP contribution < -0.4 is 0 Å². The molecule has 5 nitrogen and oxygen atoms in total. The monoisotopic (exact) mass is 319 g/mol. The van der Waals surface area contributed by atoms with Gasteiger partial charge in [0.25, 0.3) is 0 Å². The van der Waals surface area contributed by atoms with Crippen LogP contribution in [0.3, 0.4) is 0 Å². The topological polar surface area (TPSA) is 59.4 Å². The van der Waals surface area contributed by atoms with Crippen LogP contribution >= 0.6 is 15.9 Å². The van der Waals surface area contributed by atoms with Crippen LogP contribution in [0.15, 0.2) is 29.1 Å². The lowest BCUT2D eigenvalue weighted by Gasteiger charge is -2.18. The number of pyridine rings is 1. The van der Waals surface area contributed by atoms with Crippen molar-refractivity contribution in [2.24, 2.45) is 0 Å². The minimum Gasteiger partial charge on any atom is -0.336 e. The highest BCUT2D eigenvalue weighted by Crippen LogP contribution is 2.23. The lowest BCUT2D eigenvalue weighted by molar-refractivity contribution is 0.355. The molecule has 0 atom stereocenters. The Labute approximate surface area is 119 Å². The summed E-state index contributed by atoms with van der Waals surface area (Å²) in [5, 5.41) is 4.38. The SMILES string of the molecule is CC(C)(C)n1cc(-c2nc3ncc(Br)cc3[nH]2)cn1. The molecular formula is C13H14BrN5. The number of H-pyrrole nitrogens is 1. The molecule has 0 aliphatic heterocycles. The number of aromatic amines is 1. The minimum absolute atomic E-state index is 0.0362. The third-order valence-electron chi connectivity index (χ3n) is 2.85. The number of nitrogens with zero attached hydrogens (tertiary/aromatic N) is 4. The molecule has 3 heterocycles. The highest BCUT2D eigenvalue weighted by molar-refractivity contribution is 9.10. The maximum atomic E-state index is 4.48. The van der Waals surface area contributed by atoms with E-state index in [1.807, 2.05) is 23.1 Å². The van der Waals surface area contributed by atoms with Crippen molar-refractivity contribution in [3.8, 4) is 11.4 Å². The van der Waals surface area contributed by atoms with E-state index in [-0.39, 0.29) is 5.54 Å². The van der Waals surface area contributed by atoms with Crippen molar-refractivity contribution in [2.75, 3.05) is 0 Å². The van der Waals surface area contributed by atoms with Crippen molar-refractivity contribution in [3.05, 3.63) is 29.1 Å². The molecule has 6 heteroatoms. The van der Waals surface area contributed by atoms with E-state index in [0.717, 1.165) is 21.4 Å². The van der Waals surface area contributed by atoms with E-state index in [0.29, 0.717) is 5.65 Å². The second-order valence-electron chi connectivity index (χ2n) is 5.45. The van der Waals surface area contributed by atoms with Crippen LogP contribution in [0.5, 0.6) is 0 Å². The maximum Gasteiger partial charge on any atom is 0.178 e. The van der Waals surface area contributed by atoms with E-state index in [1.165, 1.54) is 0 Å². The van der Waals surface area contributed by atoms with Gasteiger partial charge in [0.1, 0.15) is 5.82 Å². The van der Waals surface area contributed by atoms with Crippen molar-refractivity contribution in [1.82, 2.24) is 24.7 Å². The molecule has 0 unspecified atom stereocenters. The summed E-state index contributed by atoms with van der Waals surface area (Å²) in [6.45, 7) is 6.34. The standard InChI is InChI=1S/C13H14BrN5/c1-13(2,3)19-7-8(5-16-19)11-17-10-4-9(14)6-15-12(10)18-11/h4-7H,1-3H3,(H,15,17,18). The molecule has 0 amide bonds. The summed E-state index contributed by atoms with van der Waals surface area (Å²) in [4.78, 5) is 12.0. The van der Waals surface area contributed by atoms with Crippen LogP contribution in [0.25, 0.3) is 22.6 Å². The predicted molar refractivity (Wildman–Crippen MR) is 77.8 cm³/mol. The number of fused-ring (bicyclic) bond motifs is 1. The average molecular weight is 320 g/mol. The first-order chi connectivity index (χ1) is 8.93. The molecule has 0 spiro atoms. The summed E-state index contributed by atoms with van der Waals surface area (Å²) in [5.41, 5.74) is 2.55. The lowest BCUT2D eigenvalue weighted by atomic mass is 10.1. The van der Waals surface area contributed by atoms with Crippen LogP contribution in [-0.2, 0) is 5.54 Å². The highest BCUT2D eigenvalue weighted by atomic mass is 79.9. The summed E-state index contributed by atoms with van der Waals surface area (Å²) in [6.07, 6.45) is 5.55. The van der Waals surface area contributed by atoms with Gasteiger partial charge in [0.05, 0.1) is 22.8 Å². The van der Waals surface area contributed by atoms with Gasteiger partial charge in [-0.25, -0.2) is 9.97 Å². The number of hydrogen-bond acceptors (Lipinski definition) is 3. The largest absolute Gasteiger partial charge is 0.336 e. The first-order valence-electron chi connectivity index (χ1n) is 6.00. The molecule has 3 aromatic rings. The van der Waals surface area contributed by atoms with E-state index < -0.39 is 0 Å². The van der Waals surface area contributed by atoms with Crippen molar-refractivity contribution in [1.29, 1.82) is 0 Å². The Bertz CT molecular complexity index is 735. The van der Waals surface area contributed by atoms with Gasteiger partial charge in [0.15, 0.2) is 5.65 Å². The fourth-order valence-corrected chi connectivity index (χ4v) is 2.15. The van der Waals surface area contributed by atoms with E-state index in [2.05, 4.69) is 56.8 Å². The van der Waals surface area contributed by atoms with E-state index in [4.69, 9.17) is 0 Å². The zero-order valence-corrected chi connectivity index (χ0v) is 12.6. The summed E-state index contributed by atoms with van der Waals surface area (Å²) in [7, 11) is 0. The maximum absolute atomic E-state index is 4.48. The molecule has 0 aliphatic carbocycles. The first-order valence-corrected chi connectivity index (χ1v) is 6.79. The molecule has 3 rings (SSSR count). The van der Waals surface area contributed by atoms with Crippen molar-refractivity contribution in [3.63, 3.8) is 0 Å². The minimum atomic E-state index is -0.0362. The van der Waals surface area contributed by atoms with E-state index in [9.17, 15) is 0 Å². The fraction of sp³-hybridized carbons (Fsp3) is 0.308. The van der Waals surface area contributed by atoms with Gasteiger partial charge in [0.2, 0.25) is 0 Å². The Morgan fingerprint density at radius 3 is 2.74 bits per heavy atom. The summed E-state index contributed by atoms with van der Waals surface area (Å²) < 4.78 is 2.86.